The SMILES string of the molecule is CCN(c1ccc(CBr)c(Br)c1)C1CCCC1. The van der Waals surface area contributed by atoms with Crippen molar-refractivity contribution in [2.45, 2.75) is 44.0 Å². The molecular weight excluding hydrogens is 342 g/mol. The highest BCUT2D eigenvalue weighted by Crippen LogP contribution is 2.31. The fraction of sp³-hybridized carbons (Fsp3) is 0.571. The lowest BCUT2D eigenvalue weighted by Gasteiger charge is -2.30. The predicted molar refractivity (Wildman–Crippen MR) is 82.0 cm³/mol. The molecule has 0 heterocycles. The zero-order valence-electron chi connectivity index (χ0n) is 10.3. The molecule has 1 aliphatic carbocycles. The summed E-state index contributed by atoms with van der Waals surface area (Å²) in [5.41, 5.74) is 2.67. The molecule has 1 aromatic carbocycles. The molecule has 0 N–H and O–H groups in total. The number of nitrogens with zero attached hydrogens (tertiary/aromatic N) is 1. The van der Waals surface area contributed by atoms with E-state index in [1.165, 1.54) is 41.4 Å². The van der Waals surface area contributed by atoms with Crippen LogP contribution in [0.15, 0.2) is 22.7 Å². The van der Waals surface area contributed by atoms with E-state index in [0.717, 1.165) is 17.9 Å². The number of benzene rings is 1. The predicted octanol–water partition coefficient (Wildman–Crippen LogP) is 5.11. The molecule has 0 spiro atoms. The van der Waals surface area contributed by atoms with E-state index in [0.29, 0.717) is 0 Å². The van der Waals surface area contributed by atoms with Gasteiger partial charge < -0.3 is 4.90 Å². The van der Waals surface area contributed by atoms with Gasteiger partial charge in [0.05, 0.1) is 0 Å². The van der Waals surface area contributed by atoms with Gasteiger partial charge in [0.25, 0.3) is 0 Å². The fourth-order valence-corrected chi connectivity index (χ4v) is 4.06. The normalized spacial score (nSPS) is 16.4. The van der Waals surface area contributed by atoms with Crippen LogP contribution in [0.4, 0.5) is 5.69 Å². The summed E-state index contributed by atoms with van der Waals surface area (Å²) in [4.78, 5) is 2.55. The Morgan fingerprint density at radius 1 is 1.29 bits per heavy atom. The van der Waals surface area contributed by atoms with E-state index < -0.39 is 0 Å². The van der Waals surface area contributed by atoms with E-state index in [9.17, 15) is 0 Å². The molecule has 1 aromatic rings. The third-order valence-corrected chi connectivity index (χ3v) is 4.96. The molecule has 0 aromatic heterocycles. The van der Waals surface area contributed by atoms with Crippen molar-refractivity contribution in [2.24, 2.45) is 0 Å². The van der Waals surface area contributed by atoms with E-state index in [1.54, 1.807) is 0 Å². The minimum atomic E-state index is 0.752. The van der Waals surface area contributed by atoms with Crippen molar-refractivity contribution < 1.29 is 0 Å². The summed E-state index contributed by atoms with van der Waals surface area (Å²) in [6.07, 6.45) is 5.49. The Labute approximate surface area is 121 Å². The van der Waals surface area contributed by atoms with Crippen molar-refractivity contribution in [1.29, 1.82) is 0 Å². The van der Waals surface area contributed by atoms with Gasteiger partial charge in [-0.3, -0.25) is 0 Å². The average Bonchev–Trinajstić information content (AvgIpc) is 2.84. The van der Waals surface area contributed by atoms with E-state index in [-0.39, 0.29) is 0 Å². The van der Waals surface area contributed by atoms with Crippen molar-refractivity contribution in [2.75, 3.05) is 11.4 Å². The van der Waals surface area contributed by atoms with Crippen LogP contribution in [0, 0.1) is 0 Å². The Bertz CT molecular complexity index is 372. The van der Waals surface area contributed by atoms with Crippen molar-refractivity contribution in [3.05, 3.63) is 28.2 Å². The Morgan fingerprint density at radius 2 is 2.00 bits per heavy atom. The van der Waals surface area contributed by atoms with Gasteiger partial charge in [-0.05, 0) is 37.5 Å². The molecule has 0 bridgehead atoms. The molecule has 0 aliphatic heterocycles. The lowest BCUT2D eigenvalue weighted by atomic mass is 10.1. The molecule has 2 rings (SSSR count). The second-order valence-corrected chi connectivity index (χ2v) is 6.05. The second kappa shape index (κ2) is 6.24. The van der Waals surface area contributed by atoms with Crippen LogP contribution in [0.5, 0.6) is 0 Å². The molecule has 0 amide bonds. The zero-order chi connectivity index (χ0) is 12.3. The van der Waals surface area contributed by atoms with Crippen LogP contribution in [0.2, 0.25) is 0 Å². The largest absolute Gasteiger partial charge is 0.369 e. The first-order chi connectivity index (χ1) is 8.26. The van der Waals surface area contributed by atoms with Gasteiger partial charge in [0.2, 0.25) is 0 Å². The Hall–Kier alpha value is -0.0200. The van der Waals surface area contributed by atoms with Crippen molar-refractivity contribution in [3.8, 4) is 0 Å². The maximum atomic E-state index is 3.66. The van der Waals surface area contributed by atoms with E-state index in [4.69, 9.17) is 0 Å². The minimum Gasteiger partial charge on any atom is -0.369 e. The van der Waals surface area contributed by atoms with Gasteiger partial charge in [-0.15, -0.1) is 0 Å². The fourth-order valence-electron chi connectivity index (χ4n) is 2.69. The number of halogens is 2. The molecule has 17 heavy (non-hydrogen) atoms. The number of anilines is 1. The van der Waals surface area contributed by atoms with E-state index in [1.807, 2.05) is 0 Å². The monoisotopic (exact) mass is 359 g/mol. The lowest BCUT2D eigenvalue weighted by molar-refractivity contribution is 0.620. The second-order valence-electron chi connectivity index (χ2n) is 4.63. The molecule has 3 heteroatoms. The van der Waals surface area contributed by atoms with Crippen LogP contribution in [-0.2, 0) is 5.33 Å². The van der Waals surface area contributed by atoms with Gasteiger partial charge in [-0.1, -0.05) is 50.8 Å². The molecule has 94 valence electrons. The quantitative estimate of drug-likeness (QED) is 0.674. The Kier molecular flexibility index (Phi) is 4.92. The summed E-state index contributed by atoms with van der Waals surface area (Å²) in [6, 6.07) is 7.48. The maximum Gasteiger partial charge on any atom is 0.0380 e. The van der Waals surface area contributed by atoms with Gasteiger partial charge >= 0.3 is 0 Å². The van der Waals surface area contributed by atoms with E-state index >= 15 is 0 Å². The van der Waals surface area contributed by atoms with Crippen LogP contribution >= 0.6 is 31.9 Å². The summed E-state index contributed by atoms with van der Waals surface area (Å²) >= 11 is 7.17. The maximum absolute atomic E-state index is 3.66. The highest BCUT2D eigenvalue weighted by molar-refractivity contribution is 9.10. The van der Waals surface area contributed by atoms with E-state index in [2.05, 4.69) is 61.9 Å². The number of hydrogen-bond acceptors (Lipinski definition) is 1. The van der Waals surface area contributed by atoms with Gasteiger partial charge in [-0.2, -0.15) is 0 Å². The van der Waals surface area contributed by atoms with Gasteiger partial charge in [0, 0.05) is 28.1 Å². The highest BCUT2D eigenvalue weighted by atomic mass is 79.9. The summed E-state index contributed by atoms with van der Waals surface area (Å²) in [7, 11) is 0. The summed E-state index contributed by atoms with van der Waals surface area (Å²) in [6.45, 7) is 3.36. The van der Waals surface area contributed by atoms with Crippen molar-refractivity contribution in [1.82, 2.24) is 0 Å². The van der Waals surface area contributed by atoms with Gasteiger partial charge in [0.15, 0.2) is 0 Å². The first-order valence-corrected chi connectivity index (χ1v) is 8.28. The first-order valence-electron chi connectivity index (χ1n) is 6.37. The lowest BCUT2D eigenvalue weighted by Crippen LogP contribution is -2.32. The van der Waals surface area contributed by atoms with Crippen molar-refractivity contribution in [3.63, 3.8) is 0 Å². The number of alkyl halides is 1. The first kappa shape index (κ1) is 13.4. The molecule has 0 unspecified atom stereocenters. The molecule has 0 radical (unpaired) electrons. The van der Waals surface area contributed by atoms with Crippen LogP contribution in [0.25, 0.3) is 0 Å². The standard InChI is InChI=1S/C14H19Br2N/c1-2-17(12-5-3-4-6-12)13-8-7-11(10-15)14(16)9-13/h7-9,12H,2-6,10H2,1H3. The number of hydrogen-bond donors (Lipinski definition) is 0. The third-order valence-electron chi connectivity index (χ3n) is 3.62. The summed E-state index contributed by atoms with van der Waals surface area (Å²) in [5.74, 6) is 0. The zero-order valence-corrected chi connectivity index (χ0v) is 13.4. The molecule has 1 nitrogen and oxygen atoms in total. The smallest absolute Gasteiger partial charge is 0.0380 e. The topological polar surface area (TPSA) is 3.24 Å². The third kappa shape index (κ3) is 3.05. The summed E-state index contributed by atoms with van der Waals surface area (Å²) < 4.78 is 1.21. The molecule has 0 saturated heterocycles. The Balaban J connectivity index is 2.21. The van der Waals surface area contributed by atoms with Gasteiger partial charge in [-0.25, -0.2) is 0 Å². The molecule has 1 fully saturated rings. The average molecular weight is 361 g/mol. The van der Waals surface area contributed by atoms with Gasteiger partial charge in [0.1, 0.15) is 0 Å². The highest BCUT2D eigenvalue weighted by Gasteiger charge is 2.21. The molecule has 0 atom stereocenters. The van der Waals surface area contributed by atoms with Crippen LogP contribution in [-0.4, -0.2) is 12.6 Å². The molecule has 1 saturated carbocycles. The number of rotatable bonds is 4. The Morgan fingerprint density at radius 3 is 2.53 bits per heavy atom. The van der Waals surface area contributed by atoms with Crippen molar-refractivity contribution >= 4 is 37.5 Å². The molecular formula is C14H19Br2N. The van der Waals surface area contributed by atoms with Crippen LogP contribution in [0.1, 0.15) is 38.2 Å². The molecule has 1 aliphatic rings. The van der Waals surface area contributed by atoms with Crippen LogP contribution < -0.4 is 4.90 Å². The van der Waals surface area contributed by atoms with Crippen LogP contribution in [0.3, 0.4) is 0 Å². The minimum absolute atomic E-state index is 0.752. The summed E-state index contributed by atoms with van der Waals surface area (Å²) in [5, 5.41) is 0.906.